The van der Waals surface area contributed by atoms with E-state index in [1.807, 2.05) is 55.5 Å². The lowest BCUT2D eigenvalue weighted by Gasteiger charge is -2.14. The molecule has 0 saturated heterocycles. The van der Waals surface area contributed by atoms with E-state index in [0.717, 1.165) is 21.7 Å². The molecule has 2 nitrogen and oxygen atoms in total. The van der Waals surface area contributed by atoms with Gasteiger partial charge in [-0.25, -0.2) is 4.79 Å². The van der Waals surface area contributed by atoms with Gasteiger partial charge in [0.05, 0.1) is 5.56 Å². The highest BCUT2D eigenvalue weighted by Gasteiger charge is 2.16. The zero-order chi connectivity index (χ0) is 16.5. The van der Waals surface area contributed by atoms with Gasteiger partial charge in [0, 0.05) is 10.9 Å². The average molecular weight is 312 g/mol. The Hall–Kier alpha value is -3.13. The number of aryl methyl sites for hydroxylation is 1. The Bertz CT molecular complexity index is 1050. The molecule has 4 aromatic rings. The van der Waals surface area contributed by atoms with Crippen molar-refractivity contribution < 1.29 is 9.53 Å². The maximum atomic E-state index is 12.5. The first-order chi connectivity index (χ1) is 11.8. The molecule has 0 heterocycles. The SMILES string of the molecule is Cc1c(OC(=O)c2ccccc2)c2ccccc2c2ccccc12. The molecule has 0 saturated carbocycles. The Labute approximate surface area is 140 Å². The molecule has 24 heavy (non-hydrogen) atoms. The lowest BCUT2D eigenvalue weighted by atomic mass is 9.97. The van der Waals surface area contributed by atoms with E-state index >= 15 is 0 Å². The third-order valence-electron chi connectivity index (χ3n) is 4.34. The van der Waals surface area contributed by atoms with Crippen molar-refractivity contribution in [2.24, 2.45) is 0 Å². The molecule has 0 aliphatic heterocycles. The van der Waals surface area contributed by atoms with Crippen LogP contribution in [0, 0.1) is 6.92 Å². The van der Waals surface area contributed by atoms with Gasteiger partial charge in [-0.2, -0.15) is 0 Å². The standard InChI is InChI=1S/C22H16O2/c1-15-17-11-5-6-12-18(17)19-13-7-8-14-20(19)21(15)24-22(23)16-9-3-2-4-10-16/h2-14H,1H3. The number of fused-ring (bicyclic) bond motifs is 3. The number of rotatable bonds is 2. The Morgan fingerprint density at radius 1 is 0.667 bits per heavy atom. The summed E-state index contributed by atoms with van der Waals surface area (Å²) in [7, 11) is 0. The molecular formula is C22H16O2. The van der Waals surface area contributed by atoms with Gasteiger partial charge in [-0.3, -0.25) is 0 Å². The fourth-order valence-corrected chi connectivity index (χ4v) is 3.14. The van der Waals surface area contributed by atoms with Crippen LogP contribution in [0.15, 0.2) is 78.9 Å². The van der Waals surface area contributed by atoms with Gasteiger partial charge in [-0.1, -0.05) is 66.7 Å². The zero-order valence-electron chi connectivity index (χ0n) is 13.3. The molecule has 0 radical (unpaired) electrons. The molecule has 4 aromatic carbocycles. The second kappa shape index (κ2) is 5.82. The molecule has 2 heteroatoms. The number of hydrogen-bond donors (Lipinski definition) is 0. The van der Waals surface area contributed by atoms with Crippen LogP contribution in [0.5, 0.6) is 5.75 Å². The van der Waals surface area contributed by atoms with E-state index in [0.29, 0.717) is 11.3 Å². The van der Waals surface area contributed by atoms with Crippen LogP contribution in [0.3, 0.4) is 0 Å². The summed E-state index contributed by atoms with van der Waals surface area (Å²) >= 11 is 0. The van der Waals surface area contributed by atoms with Crippen molar-refractivity contribution in [2.75, 3.05) is 0 Å². The van der Waals surface area contributed by atoms with Crippen molar-refractivity contribution in [2.45, 2.75) is 6.92 Å². The van der Waals surface area contributed by atoms with Gasteiger partial charge in [0.2, 0.25) is 0 Å². The van der Waals surface area contributed by atoms with E-state index in [1.165, 1.54) is 5.39 Å². The minimum Gasteiger partial charge on any atom is -0.422 e. The predicted octanol–water partition coefficient (Wildman–Crippen LogP) is 5.52. The van der Waals surface area contributed by atoms with Gasteiger partial charge >= 0.3 is 5.97 Å². The van der Waals surface area contributed by atoms with Crippen molar-refractivity contribution in [1.82, 2.24) is 0 Å². The zero-order valence-corrected chi connectivity index (χ0v) is 13.3. The van der Waals surface area contributed by atoms with Crippen LogP contribution in [-0.2, 0) is 0 Å². The molecule has 0 atom stereocenters. The molecule has 0 bridgehead atoms. The molecule has 0 fully saturated rings. The minimum absolute atomic E-state index is 0.334. The monoisotopic (exact) mass is 312 g/mol. The van der Waals surface area contributed by atoms with E-state index in [2.05, 4.69) is 18.2 Å². The van der Waals surface area contributed by atoms with E-state index in [-0.39, 0.29) is 5.97 Å². The summed E-state index contributed by atoms with van der Waals surface area (Å²) < 4.78 is 5.81. The number of hydrogen-bond acceptors (Lipinski definition) is 2. The first kappa shape index (κ1) is 14.5. The average Bonchev–Trinajstić information content (AvgIpc) is 2.65. The van der Waals surface area contributed by atoms with Crippen LogP contribution in [-0.4, -0.2) is 5.97 Å². The lowest BCUT2D eigenvalue weighted by Crippen LogP contribution is -2.09. The first-order valence-corrected chi connectivity index (χ1v) is 7.93. The summed E-state index contributed by atoms with van der Waals surface area (Å²) in [4.78, 5) is 12.5. The van der Waals surface area contributed by atoms with Crippen molar-refractivity contribution in [3.8, 4) is 5.75 Å². The summed E-state index contributed by atoms with van der Waals surface area (Å²) in [5, 5.41) is 4.32. The Morgan fingerprint density at radius 3 is 1.83 bits per heavy atom. The van der Waals surface area contributed by atoms with E-state index in [9.17, 15) is 4.79 Å². The van der Waals surface area contributed by atoms with Crippen LogP contribution in [0.4, 0.5) is 0 Å². The normalized spacial score (nSPS) is 10.9. The maximum absolute atomic E-state index is 12.5. The van der Waals surface area contributed by atoms with E-state index < -0.39 is 0 Å². The van der Waals surface area contributed by atoms with Crippen LogP contribution >= 0.6 is 0 Å². The van der Waals surface area contributed by atoms with Crippen LogP contribution in [0.2, 0.25) is 0 Å². The number of carbonyl (C=O) groups excluding carboxylic acids is 1. The number of carbonyl (C=O) groups is 1. The fraction of sp³-hybridized carbons (Fsp3) is 0.0455. The number of benzene rings is 4. The minimum atomic E-state index is -0.334. The predicted molar refractivity (Wildman–Crippen MR) is 97.6 cm³/mol. The molecule has 0 unspecified atom stereocenters. The van der Waals surface area contributed by atoms with Gasteiger partial charge in [0.15, 0.2) is 0 Å². The summed E-state index contributed by atoms with van der Waals surface area (Å²) in [5.74, 6) is 0.303. The van der Waals surface area contributed by atoms with Crippen molar-refractivity contribution in [1.29, 1.82) is 0 Å². The molecule has 4 rings (SSSR count). The summed E-state index contributed by atoms with van der Waals surface area (Å²) in [5.41, 5.74) is 1.53. The van der Waals surface area contributed by atoms with Gasteiger partial charge in [-0.05, 0) is 35.2 Å². The van der Waals surface area contributed by atoms with Crippen molar-refractivity contribution >= 4 is 27.5 Å². The Morgan fingerprint density at radius 2 is 1.17 bits per heavy atom. The van der Waals surface area contributed by atoms with Crippen molar-refractivity contribution in [3.63, 3.8) is 0 Å². The van der Waals surface area contributed by atoms with Gasteiger partial charge < -0.3 is 4.74 Å². The Balaban J connectivity index is 1.94. The topological polar surface area (TPSA) is 26.3 Å². The summed E-state index contributed by atoms with van der Waals surface area (Å²) in [6.07, 6.45) is 0. The maximum Gasteiger partial charge on any atom is 0.343 e. The van der Waals surface area contributed by atoms with Crippen molar-refractivity contribution in [3.05, 3.63) is 90.0 Å². The second-order valence-electron chi connectivity index (χ2n) is 5.80. The lowest BCUT2D eigenvalue weighted by molar-refractivity contribution is 0.0736. The first-order valence-electron chi connectivity index (χ1n) is 7.93. The smallest absolute Gasteiger partial charge is 0.343 e. The largest absolute Gasteiger partial charge is 0.422 e. The summed E-state index contributed by atoms with van der Waals surface area (Å²) in [6, 6.07) is 25.3. The molecule has 116 valence electrons. The fourth-order valence-electron chi connectivity index (χ4n) is 3.14. The second-order valence-corrected chi connectivity index (χ2v) is 5.80. The van der Waals surface area contributed by atoms with Crippen LogP contribution in [0.1, 0.15) is 15.9 Å². The van der Waals surface area contributed by atoms with E-state index in [4.69, 9.17) is 4.74 Å². The molecular weight excluding hydrogens is 296 g/mol. The quantitative estimate of drug-likeness (QED) is 0.277. The highest BCUT2D eigenvalue weighted by molar-refractivity contribution is 6.12. The highest BCUT2D eigenvalue weighted by atomic mass is 16.5. The van der Waals surface area contributed by atoms with E-state index in [1.54, 1.807) is 12.1 Å². The highest BCUT2D eigenvalue weighted by Crippen LogP contribution is 2.37. The molecule has 0 aliphatic rings. The third-order valence-corrected chi connectivity index (χ3v) is 4.34. The van der Waals surface area contributed by atoms with Crippen LogP contribution < -0.4 is 4.74 Å². The molecule has 0 amide bonds. The number of ether oxygens (including phenoxy) is 1. The van der Waals surface area contributed by atoms with Gasteiger partial charge in [0.25, 0.3) is 0 Å². The van der Waals surface area contributed by atoms with Gasteiger partial charge in [0.1, 0.15) is 5.75 Å². The molecule has 0 aromatic heterocycles. The molecule has 0 N–H and O–H groups in total. The van der Waals surface area contributed by atoms with Crippen LogP contribution in [0.25, 0.3) is 21.5 Å². The third kappa shape index (κ3) is 2.33. The molecule has 0 spiro atoms. The number of esters is 1. The summed E-state index contributed by atoms with van der Waals surface area (Å²) in [6.45, 7) is 2.00. The Kier molecular flexibility index (Phi) is 3.51. The van der Waals surface area contributed by atoms with Gasteiger partial charge in [-0.15, -0.1) is 0 Å². The molecule has 0 aliphatic carbocycles.